The minimum absolute atomic E-state index is 0.0341. The number of imidazole rings is 1. The lowest BCUT2D eigenvalue weighted by Gasteiger charge is -2.20. The Bertz CT molecular complexity index is 1260. The third kappa shape index (κ3) is 11.8. The Balaban J connectivity index is 0.000000347. The second-order valence-electron chi connectivity index (χ2n) is 9.98. The third-order valence-corrected chi connectivity index (χ3v) is 6.14. The van der Waals surface area contributed by atoms with Gasteiger partial charge in [-0.15, -0.1) is 0 Å². The van der Waals surface area contributed by atoms with Crippen molar-refractivity contribution >= 4 is 17.5 Å². The molecule has 0 spiro atoms. The fraction of sp³-hybridized carbons (Fsp3) is 0.593. The predicted molar refractivity (Wildman–Crippen MR) is 139 cm³/mol. The summed E-state index contributed by atoms with van der Waals surface area (Å²) in [7, 11) is 0. The molecule has 9 nitrogen and oxygen atoms in total. The second-order valence-corrected chi connectivity index (χ2v) is 9.98. The van der Waals surface area contributed by atoms with Gasteiger partial charge in [-0.25, -0.2) is 18.3 Å². The van der Waals surface area contributed by atoms with Gasteiger partial charge in [0.15, 0.2) is 5.65 Å². The van der Waals surface area contributed by atoms with Crippen molar-refractivity contribution in [2.24, 2.45) is 0 Å². The Hall–Kier alpha value is -3.58. The SMILES string of the molecule is C1CC1.CCc1nocc1C(=O)NCc1cn2ncc(CNC(=O)CCC(F)(F)F)cc2n1.FC1(F)CCCCC1. The largest absolute Gasteiger partial charge is 0.389 e. The van der Waals surface area contributed by atoms with Crippen molar-refractivity contribution in [3.8, 4) is 0 Å². The van der Waals surface area contributed by atoms with E-state index in [1.165, 1.54) is 36.2 Å². The normalized spacial score (nSPS) is 15.7. The number of nitrogens with zero attached hydrogens (tertiary/aromatic N) is 4. The minimum Gasteiger partial charge on any atom is -0.364 e. The van der Waals surface area contributed by atoms with E-state index in [1.807, 2.05) is 6.92 Å². The molecule has 0 bridgehead atoms. The summed E-state index contributed by atoms with van der Waals surface area (Å²) in [6.07, 6.45) is 5.96. The summed E-state index contributed by atoms with van der Waals surface area (Å²) in [5, 5.41) is 13.1. The van der Waals surface area contributed by atoms with Gasteiger partial charge in [0, 0.05) is 25.8 Å². The molecular formula is C27H35F5N6O3. The van der Waals surface area contributed by atoms with E-state index in [0.29, 0.717) is 47.4 Å². The molecule has 2 aliphatic carbocycles. The summed E-state index contributed by atoms with van der Waals surface area (Å²) >= 11 is 0. The van der Waals surface area contributed by atoms with E-state index in [1.54, 1.807) is 12.3 Å². The number of hydrogen-bond donors (Lipinski definition) is 2. The Morgan fingerprint density at radius 3 is 2.32 bits per heavy atom. The summed E-state index contributed by atoms with van der Waals surface area (Å²) in [5.41, 5.74) is 2.53. The van der Waals surface area contributed by atoms with Gasteiger partial charge in [-0.3, -0.25) is 9.59 Å². The van der Waals surface area contributed by atoms with Crippen LogP contribution in [0.25, 0.3) is 5.65 Å². The smallest absolute Gasteiger partial charge is 0.364 e. The number of hydrogen-bond acceptors (Lipinski definition) is 6. The number of amides is 2. The van der Waals surface area contributed by atoms with Crippen molar-refractivity contribution in [2.45, 2.75) is 103 Å². The van der Waals surface area contributed by atoms with Gasteiger partial charge in [0.25, 0.3) is 5.91 Å². The summed E-state index contributed by atoms with van der Waals surface area (Å²) in [6, 6.07) is 1.65. The number of fused-ring (bicyclic) bond motifs is 1. The van der Waals surface area contributed by atoms with Crippen LogP contribution in [0.5, 0.6) is 0 Å². The molecule has 0 atom stereocenters. The van der Waals surface area contributed by atoms with Gasteiger partial charge in [0.2, 0.25) is 11.8 Å². The highest BCUT2D eigenvalue weighted by Crippen LogP contribution is 2.32. The van der Waals surface area contributed by atoms with Crippen LogP contribution in [-0.2, 0) is 24.3 Å². The fourth-order valence-electron chi connectivity index (χ4n) is 3.73. The van der Waals surface area contributed by atoms with Crippen LogP contribution < -0.4 is 10.6 Å². The molecule has 2 N–H and O–H groups in total. The van der Waals surface area contributed by atoms with E-state index in [0.717, 1.165) is 6.42 Å². The van der Waals surface area contributed by atoms with Gasteiger partial charge in [0.1, 0.15) is 11.8 Å². The number of rotatable bonds is 8. The molecule has 0 unspecified atom stereocenters. The van der Waals surface area contributed by atoms with Gasteiger partial charge >= 0.3 is 6.18 Å². The summed E-state index contributed by atoms with van der Waals surface area (Å²) in [4.78, 5) is 28.1. The molecule has 0 aliphatic heterocycles. The van der Waals surface area contributed by atoms with Gasteiger partial charge in [-0.2, -0.15) is 18.3 Å². The second kappa shape index (κ2) is 14.9. The maximum absolute atomic E-state index is 12.2. The first-order chi connectivity index (χ1) is 19.5. The van der Waals surface area contributed by atoms with Crippen molar-refractivity contribution in [2.75, 3.05) is 0 Å². The Morgan fingerprint density at radius 1 is 1.05 bits per heavy atom. The molecule has 0 aromatic carbocycles. The highest BCUT2D eigenvalue weighted by molar-refractivity contribution is 5.94. The molecule has 2 saturated carbocycles. The highest BCUT2D eigenvalue weighted by Gasteiger charge is 2.30. The lowest BCUT2D eigenvalue weighted by molar-refractivity contribution is -0.144. The van der Waals surface area contributed by atoms with Crippen LogP contribution >= 0.6 is 0 Å². The summed E-state index contributed by atoms with van der Waals surface area (Å²) in [5.74, 6) is -3.35. The van der Waals surface area contributed by atoms with Gasteiger partial charge in [0.05, 0.1) is 36.7 Å². The Morgan fingerprint density at radius 2 is 1.73 bits per heavy atom. The Labute approximate surface area is 234 Å². The lowest BCUT2D eigenvalue weighted by atomic mass is 9.97. The molecular weight excluding hydrogens is 551 g/mol. The molecule has 2 fully saturated rings. The zero-order valence-electron chi connectivity index (χ0n) is 22.9. The molecule has 0 saturated heterocycles. The number of nitrogens with one attached hydrogen (secondary N) is 2. The van der Waals surface area contributed by atoms with Crippen molar-refractivity contribution in [3.63, 3.8) is 0 Å². The molecule has 3 aromatic rings. The fourth-order valence-corrected chi connectivity index (χ4v) is 3.73. The summed E-state index contributed by atoms with van der Waals surface area (Å²) in [6.45, 7) is 2.05. The topological polar surface area (TPSA) is 114 Å². The molecule has 5 rings (SSSR count). The van der Waals surface area contributed by atoms with Crippen molar-refractivity contribution in [1.82, 2.24) is 30.4 Å². The number of carbonyl (C=O) groups excluding carboxylic acids is 2. The van der Waals surface area contributed by atoms with Crippen LogP contribution in [0.3, 0.4) is 0 Å². The van der Waals surface area contributed by atoms with Crippen LogP contribution in [0.2, 0.25) is 0 Å². The first kappa shape index (κ1) is 31.9. The molecule has 3 heterocycles. The van der Waals surface area contributed by atoms with Crippen molar-refractivity contribution < 1.29 is 36.1 Å². The van der Waals surface area contributed by atoms with E-state index < -0.39 is 30.8 Å². The maximum Gasteiger partial charge on any atom is 0.389 e. The molecule has 2 amide bonds. The molecule has 2 aliphatic rings. The zero-order chi connectivity index (χ0) is 29.9. The van der Waals surface area contributed by atoms with Crippen LogP contribution in [-0.4, -0.2) is 43.7 Å². The van der Waals surface area contributed by atoms with E-state index in [4.69, 9.17) is 4.52 Å². The summed E-state index contributed by atoms with van der Waals surface area (Å²) < 4.78 is 67.2. The van der Waals surface area contributed by atoms with E-state index in [-0.39, 0.29) is 31.8 Å². The minimum atomic E-state index is -4.37. The number of aryl methyl sites for hydroxylation is 1. The molecule has 3 aromatic heterocycles. The van der Waals surface area contributed by atoms with Crippen LogP contribution in [0, 0.1) is 0 Å². The Kier molecular flexibility index (Phi) is 11.6. The van der Waals surface area contributed by atoms with E-state index >= 15 is 0 Å². The lowest BCUT2D eigenvalue weighted by Crippen LogP contribution is -2.24. The number of alkyl halides is 5. The monoisotopic (exact) mass is 586 g/mol. The van der Waals surface area contributed by atoms with Gasteiger partial charge < -0.3 is 15.2 Å². The third-order valence-electron chi connectivity index (χ3n) is 6.14. The van der Waals surface area contributed by atoms with Crippen LogP contribution in [0.4, 0.5) is 22.0 Å². The van der Waals surface area contributed by atoms with Crippen molar-refractivity contribution in [1.29, 1.82) is 0 Å². The first-order valence-corrected chi connectivity index (χ1v) is 13.7. The maximum atomic E-state index is 12.2. The molecule has 14 heteroatoms. The molecule has 226 valence electrons. The average molecular weight is 587 g/mol. The quantitative estimate of drug-likeness (QED) is 0.317. The van der Waals surface area contributed by atoms with Crippen LogP contribution in [0.15, 0.2) is 29.2 Å². The standard InChI is InChI=1S/C18H19F3N6O3.C6H10F2.C3H6/c1-2-14-13(10-30-26-14)17(29)23-8-12-9-27-15(25-12)5-11(7-24-27)6-22-16(28)3-4-18(19,20)21;7-6(8)4-2-1-3-5-6;1-2-3-1/h5,7,9-10H,2-4,6,8H2,1H3,(H,22,28)(H,23,29);1-5H2;1-3H2. The molecule has 41 heavy (non-hydrogen) atoms. The highest BCUT2D eigenvalue weighted by atomic mass is 19.4. The number of halogens is 5. The molecule has 0 radical (unpaired) electrons. The van der Waals surface area contributed by atoms with Crippen LogP contribution in [0.1, 0.15) is 98.4 Å². The van der Waals surface area contributed by atoms with Gasteiger partial charge in [-0.1, -0.05) is 37.8 Å². The first-order valence-electron chi connectivity index (χ1n) is 13.7. The van der Waals surface area contributed by atoms with Crippen molar-refractivity contribution in [3.05, 3.63) is 47.2 Å². The number of carbonyl (C=O) groups is 2. The van der Waals surface area contributed by atoms with E-state index in [9.17, 15) is 31.5 Å². The zero-order valence-corrected chi connectivity index (χ0v) is 22.9. The van der Waals surface area contributed by atoms with E-state index in [2.05, 4.69) is 25.9 Å². The number of aromatic nitrogens is 4. The average Bonchev–Trinajstić information content (AvgIpc) is 3.63. The predicted octanol–water partition coefficient (Wildman–Crippen LogP) is 5.92. The van der Waals surface area contributed by atoms with Gasteiger partial charge in [-0.05, 0) is 30.9 Å².